The average molecular weight is 352 g/mol. The van der Waals surface area contributed by atoms with E-state index in [0.29, 0.717) is 18.8 Å². The van der Waals surface area contributed by atoms with Crippen molar-refractivity contribution in [1.82, 2.24) is 20.2 Å². The van der Waals surface area contributed by atoms with E-state index in [2.05, 4.69) is 15.6 Å². The zero-order valence-corrected chi connectivity index (χ0v) is 14.9. The Kier molecular flexibility index (Phi) is 7.39. The van der Waals surface area contributed by atoms with Gasteiger partial charge in [-0.15, -0.1) is 0 Å². The van der Waals surface area contributed by atoms with Gasteiger partial charge in [-0.25, -0.2) is 4.98 Å². The second kappa shape index (κ2) is 9.53. The molecular formula is C17H28N4O4. The summed E-state index contributed by atoms with van der Waals surface area (Å²) in [6.45, 7) is 2.86. The fourth-order valence-electron chi connectivity index (χ4n) is 3.13. The molecule has 0 radical (unpaired) electrons. The summed E-state index contributed by atoms with van der Waals surface area (Å²) >= 11 is 0. The number of aromatic nitrogens is 2. The fraction of sp³-hybridized carbons (Fsp3) is 0.706. The highest BCUT2D eigenvalue weighted by Crippen LogP contribution is 2.25. The Morgan fingerprint density at radius 1 is 1.48 bits per heavy atom. The zero-order valence-electron chi connectivity index (χ0n) is 14.9. The van der Waals surface area contributed by atoms with Gasteiger partial charge >= 0.3 is 0 Å². The Morgan fingerprint density at radius 2 is 2.28 bits per heavy atom. The maximum absolute atomic E-state index is 12.1. The van der Waals surface area contributed by atoms with Gasteiger partial charge in [-0.2, -0.15) is 0 Å². The number of aliphatic hydroxyl groups is 1. The second-order valence-electron chi connectivity index (χ2n) is 6.50. The van der Waals surface area contributed by atoms with E-state index in [4.69, 9.17) is 4.74 Å². The van der Waals surface area contributed by atoms with Crippen molar-refractivity contribution in [2.24, 2.45) is 13.0 Å². The van der Waals surface area contributed by atoms with Crippen molar-refractivity contribution in [2.75, 3.05) is 19.8 Å². The summed E-state index contributed by atoms with van der Waals surface area (Å²) < 4.78 is 6.88. The molecule has 2 rings (SSSR count). The largest absolute Gasteiger partial charge is 0.383 e. The van der Waals surface area contributed by atoms with E-state index in [1.165, 1.54) is 0 Å². The van der Waals surface area contributed by atoms with Gasteiger partial charge < -0.3 is 25.0 Å². The summed E-state index contributed by atoms with van der Waals surface area (Å²) in [6, 6.07) is 0.0428. The van der Waals surface area contributed by atoms with Crippen LogP contribution >= 0.6 is 0 Å². The first kappa shape index (κ1) is 19.4. The summed E-state index contributed by atoms with van der Waals surface area (Å²) in [5.41, 5.74) is 0.673. The summed E-state index contributed by atoms with van der Waals surface area (Å²) in [4.78, 5) is 28.0. The molecular weight excluding hydrogens is 324 g/mol. The first-order valence-electron chi connectivity index (χ1n) is 8.79. The molecule has 1 aliphatic rings. The molecule has 0 aromatic carbocycles. The van der Waals surface area contributed by atoms with Crippen LogP contribution in [0.15, 0.2) is 12.5 Å². The number of imidazole rings is 1. The number of carbonyl (C=O) groups excluding carboxylic acids is 2. The molecule has 0 aliphatic heterocycles. The molecule has 1 aromatic rings. The number of hydrogen-bond donors (Lipinski definition) is 3. The van der Waals surface area contributed by atoms with Crippen molar-refractivity contribution in [3.8, 4) is 0 Å². The van der Waals surface area contributed by atoms with Crippen LogP contribution in [-0.4, -0.2) is 58.4 Å². The molecule has 3 atom stereocenters. The summed E-state index contributed by atoms with van der Waals surface area (Å²) in [7, 11) is 1.84. The smallest absolute Gasteiger partial charge is 0.249 e. The molecule has 3 N–H and O–H groups in total. The van der Waals surface area contributed by atoms with E-state index >= 15 is 0 Å². The number of aryl methyl sites for hydroxylation is 1. The number of rotatable bonds is 9. The monoisotopic (exact) mass is 352 g/mol. The van der Waals surface area contributed by atoms with Gasteiger partial charge in [0.2, 0.25) is 11.8 Å². The van der Waals surface area contributed by atoms with Crippen LogP contribution in [0.1, 0.15) is 31.9 Å². The van der Waals surface area contributed by atoms with Gasteiger partial charge in [0.05, 0.1) is 12.0 Å². The quantitative estimate of drug-likeness (QED) is 0.569. The van der Waals surface area contributed by atoms with Gasteiger partial charge in [0.1, 0.15) is 12.7 Å². The molecule has 140 valence electrons. The highest BCUT2D eigenvalue weighted by molar-refractivity contribution is 5.80. The number of hydrogen-bond acceptors (Lipinski definition) is 5. The molecule has 0 spiro atoms. The van der Waals surface area contributed by atoms with Crippen molar-refractivity contribution in [2.45, 2.75) is 44.8 Å². The molecule has 8 heteroatoms. The summed E-state index contributed by atoms with van der Waals surface area (Å²) in [5, 5.41) is 15.8. The van der Waals surface area contributed by atoms with E-state index in [-0.39, 0.29) is 30.9 Å². The van der Waals surface area contributed by atoms with Crippen molar-refractivity contribution in [3.05, 3.63) is 18.2 Å². The minimum absolute atomic E-state index is 0.0428. The molecule has 1 fully saturated rings. The van der Waals surface area contributed by atoms with Crippen LogP contribution in [0, 0.1) is 5.92 Å². The van der Waals surface area contributed by atoms with Crippen molar-refractivity contribution < 1.29 is 19.4 Å². The Hall–Kier alpha value is -1.93. The Bertz CT molecular complexity index is 575. The van der Waals surface area contributed by atoms with E-state index in [1.54, 1.807) is 17.1 Å². The standard InChI is InChI=1S/C17H28N4O4/c1-3-25-10-16(23)20-14-6-4-5-12(14)8-18-17(24)15(22)7-13-9-21(2)11-19-13/h9,11-12,14-15,22H,3-8,10H2,1-2H3,(H,18,24)(H,20,23). The van der Waals surface area contributed by atoms with E-state index < -0.39 is 12.0 Å². The Labute approximate surface area is 148 Å². The van der Waals surface area contributed by atoms with E-state index in [0.717, 1.165) is 19.3 Å². The van der Waals surface area contributed by atoms with Crippen LogP contribution in [0.4, 0.5) is 0 Å². The lowest BCUT2D eigenvalue weighted by molar-refractivity contribution is -0.129. The van der Waals surface area contributed by atoms with Crippen LogP contribution < -0.4 is 10.6 Å². The normalized spacial score (nSPS) is 21.1. The third-order valence-corrected chi connectivity index (χ3v) is 4.44. The minimum Gasteiger partial charge on any atom is -0.383 e. The van der Waals surface area contributed by atoms with Crippen LogP contribution in [0.3, 0.4) is 0 Å². The molecule has 0 bridgehead atoms. The maximum Gasteiger partial charge on any atom is 0.249 e. The first-order valence-corrected chi connectivity index (χ1v) is 8.79. The zero-order chi connectivity index (χ0) is 18.2. The highest BCUT2D eigenvalue weighted by atomic mass is 16.5. The number of carbonyl (C=O) groups is 2. The Balaban J connectivity index is 1.74. The van der Waals surface area contributed by atoms with Crippen molar-refractivity contribution >= 4 is 11.8 Å². The molecule has 1 aliphatic carbocycles. The van der Waals surface area contributed by atoms with Crippen LogP contribution in [0.2, 0.25) is 0 Å². The van der Waals surface area contributed by atoms with Gasteiger partial charge in [-0.3, -0.25) is 9.59 Å². The van der Waals surface area contributed by atoms with E-state index in [9.17, 15) is 14.7 Å². The molecule has 1 saturated carbocycles. The van der Waals surface area contributed by atoms with Gasteiger partial charge in [0.25, 0.3) is 0 Å². The van der Waals surface area contributed by atoms with Gasteiger partial charge in [-0.05, 0) is 25.7 Å². The number of amides is 2. The van der Waals surface area contributed by atoms with Crippen LogP contribution in [0.5, 0.6) is 0 Å². The predicted molar refractivity (Wildman–Crippen MR) is 91.7 cm³/mol. The maximum atomic E-state index is 12.1. The topological polar surface area (TPSA) is 105 Å². The molecule has 2 amide bonds. The molecule has 0 saturated heterocycles. The third-order valence-electron chi connectivity index (χ3n) is 4.44. The van der Waals surface area contributed by atoms with Crippen LogP contribution in [-0.2, 0) is 27.8 Å². The Morgan fingerprint density at radius 3 is 2.96 bits per heavy atom. The third kappa shape index (κ3) is 6.13. The number of aliphatic hydroxyl groups excluding tert-OH is 1. The van der Waals surface area contributed by atoms with E-state index in [1.807, 2.05) is 14.0 Å². The second-order valence-corrected chi connectivity index (χ2v) is 6.50. The highest BCUT2D eigenvalue weighted by Gasteiger charge is 2.29. The molecule has 8 nitrogen and oxygen atoms in total. The summed E-state index contributed by atoms with van der Waals surface area (Å²) in [6.07, 6.45) is 5.32. The fourth-order valence-corrected chi connectivity index (χ4v) is 3.13. The molecule has 1 aromatic heterocycles. The molecule has 25 heavy (non-hydrogen) atoms. The summed E-state index contributed by atoms with van der Waals surface area (Å²) in [5.74, 6) is -0.353. The van der Waals surface area contributed by atoms with Gasteiger partial charge in [0.15, 0.2) is 0 Å². The lowest BCUT2D eigenvalue weighted by Gasteiger charge is -2.22. The SMILES string of the molecule is CCOCC(=O)NC1CCCC1CNC(=O)C(O)Cc1cn(C)cn1. The lowest BCUT2D eigenvalue weighted by atomic mass is 10.0. The van der Waals surface area contributed by atoms with Crippen molar-refractivity contribution in [1.29, 1.82) is 0 Å². The number of nitrogens with one attached hydrogen (secondary N) is 2. The van der Waals surface area contributed by atoms with Gasteiger partial charge in [-0.1, -0.05) is 6.42 Å². The molecule has 1 heterocycles. The number of nitrogens with zero attached hydrogens (tertiary/aromatic N) is 2. The average Bonchev–Trinajstić information content (AvgIpc) is 3.19. The van der Waals surface area contributed by atoms with Gasteiger partial charge in [0, 0.05) is 38.9 Å². The van der Waals surface area contributed by atoms with Crippen molar-refractivity contribution in [3.63, 3.8) is 0 Å². The first-order chi connectivity index (χ1) is 12.0. The van der Waals surface area contributed by atoms with Crippen LogP contribution in [0.25, 0.3) is 0 Å². The lowest BCUT2D eigenvalue weighted by Crippen LogP contribution is -2.45. The minimum atomic E-state index is -1.12. The number of ether oxygens (including phenoxy) is 1. The molecule has 3 unspecified atom stereocenters. The predicted octanol–water partition coefficient (Wildman–Crippen LogP) is -0.239.